The summed E-state index contributed by atoms with van der Waals surface area (Å²) in [5.74, 6) is 0.484. The van der Waals surface area contributed by atoms with Gasteiger partial charge in [0.25, 0.3) is 0 Å². The SMILES string of the molecule is OCc1cccnc1OCc1ccc(Br)cc1. The topological polar surface area (TPSA) is 42.4 Å². The summed E-state index contributed by atoms with van der Waals surface area (Å²) in [7, 11) is 0. The average molecular weight is 294 g/mol. The van der Waals surface area contributed by atoms with Crippen LogP contribution in [0.2, 0.25) is 0 Å². The number of hydrogen-bond donors (Lipinski definition) is 1. The van der Waals surface area contributed by atoms with E-state index in [0.29, 0.717) is 18.1 Å². The standard InChI is InChI=1S/C13H12BrNO2/c14-12-5-3-10(4-6-12)9-17-13-11(8-16)2-1-7-15-13/h1-7,16H,8-9H2. The van der Waals surface area contributed by atoms with Gasteiger partial charge in [-0.2, -0.15) is 0 Å². The van der Waals surface area contributed by atoms with Gasteiger partial charge in [-0.15, -0.1) is 0 Å². The lowest BCUT2D eigenvalue weighted by molar-refractivity contribution is 0.252. The second-order valence-electron chi connectivity index (χ2n) is 3.54. The molecule has 1 aromatic carbocycles. The van der Waals surface area contributed by atoms with Gasteiger partial charge < -0.3 is 9.84 Å². The molecule has 0 aliphatic heterocycles. The average Bonchev–Trinajstić information content (AvgIpc) is 2.38. The number of ether oxygens (including phenoxy) is 1. The van der Waals surface area contributed by atoms with Gasteiger partial charge in [-0.3, -0.25) is 0 Å². The number of nitrogens with zero attached hydrogens (tertiary/aromatic N) is 1. The van der Waals surface area contributed by atoms with Crippen LogP contribution in [0.4, 0.5) is 0 Å². The normalized spacial score (nSPS) is 10.2. The predicted octanol–water partition coefficient (Wildman–Crippen LogP) is 2.92. The van der Waals surface area contributed by atoms with E-state index in [0.717, 1.165) is 10.0 Å². The van der Waals surface area contributed by atoms with Gasteiger partial charge in [0.15, 0.2) is 0 Å². The summed E-state index contributed by atoms with van der Waals surface area (Å²) in [6, 6.07) is 11.5. The molecule has 0 radical (unpaired) electrons. The van der Waals surface area contributed by atoms with Crippen LogP contribution in [0.15, 0.2) is 47.1 Å². The molecular formula is C13H12BrNO2. The van der Waals surface area contributed by atoms with Gasteiger partial charge in [0.1, 0.15) is 6.61 Å². The van der Waals surface area contributed by atoms with E-state index >= 15 is 0 Å². The molecule has 0 atom stereocenters. The molecule has 0 spiro atoms. The van der Waals surface area contributed by atoms with Crippen molar-refractivity contribution in [1.82, 2.24) is 4.98 Å². The van der Waals surface area contributed by atoms with Crippen LogP contribution in [-0.2, 0) is 13.2 Å². The molecule has 2 aromatic rings. The third-order valence-electron chi connectivity index (χ3n) is 2.31. The van der Waals surface area contributed by atoms with E-state index < -0.39 is 0 Å². The number of halogens is 1. The molecular weight excluding hydrogens is 282 g/mol. The summed E-state index contributed by atoms with van der Waals surface area (Å²) in [4.78, 5) is 4.09. The number of pyridine rings is 1. The van der Waals surface area contributed by atoms with E-state index in [1.165, 1.54) is 0 Å². The molecule has 0 saturated heterocycles. The van der Waals surface area contributed by atoms with Crippen molar-refractivity contribution < 1.29 is 9.84 Å². The minimum Gasteiger partial charge on any atom is -0.473 e. The molecule has 1 heterocycles. The molecule has 3 nitrogen and oxygen atoms in total. The number of aromatic nitrogens is 1. The third-order valence-corrected chi connectivity index (χ3v) is 2.84. The molecule has 0 aliphatic rings. The third kappa shape index (κ3) is 3.28. The first-order valence-corrected chi connectivity index (χ1v) is 6.01. The maximum absolute atomic E-state index is 9.13. The molecule has 0 unspecified atom stereocenters. The van der Waals surface area contributed by atoms with Crippen LogP contribution < -0.4 is 4.74 Å². The Balaban J connectivity index is 2.04. The van der Waals surface area contributed by atoms with Gasteiger partial charge in [0.2, 0.25) is 5.88 Å². The van der Waals surface area contributed by atoms with Crippen LogP contribution >= 0.6 is 15.9 Å². The van der Waals surface area contributed by atoms with Crippen molar-refractivity contribution in [2.24, 2.45) is 0 Å². The summed E-state index contributed by atoms with van der Waals surface area (Å²) in [6.45, 7) is 0.376. The van der Waals surface area contributed by atoms with Crippen molar-refractivity contribution in [2.75, 3.05) is 0 Å². The molecule has 0 saturated carbocycles. The predicted molar refractivity (Wildman–Crippen MR) is 68.6 cm³/mol. The van der Waals surface area contributed by atoms with Gasteiger partial charge in [-0.25, -0.2) is 4.98 Å². The Morgan fingerprint density at radius 2 is 1.94 bits per heavy atom. The Labute approximate surface area is 108 Å². The fourth-order valence-corrected chi connectivity index (χ4v) is 1.67. The quantitative estimate of drug-likeness (QED) is 0.942. The van der Waals surface area contributed by atoms with E-state index in [2.05, 4.69) is 20.9 Å². The minimum atomic E-state index is -0.0660. The Morgan fingerprint density at radius 3 is 2.65 bits per heavy atom. The zero-order valence-corrected chi connectivity index (χ0v) is 10.7. The Hall–Kier alpha value is -1.39. The fourth-order valence-electron chi connectivity index (χ4n) is 1.41. The highest BCUT2D eigenvalue weighted by atomic mass is 79.9. The molecule has 0 fully saturated rings. The van der Waals surface area contributed by atoms with Crippen LogP contribution in [0.25, 0.3) is 0 Å². The van der Waals surface area contributed by atoms with E-state index in [9.17, 15) is 0 Å². The number of benzene rings is 1. The van der Waals surface area contributed by atoms with Crippen LogP contribution in [0.1, 0.15) is 11.1 Å². The fraction of sp³-hybridized carbons (Fsp3) is 0.154. The van der Waals surface area contributed by atoms with E-state index in [-0.39, 0.29) is 6.61 Å². The number of rotatable bonds is 4. The maximum atomic E-state index is 9.13. The lowest BCUT2D eigenvalue weighted by atomic mass is 10.2. The first kappa shape index (κ1) is 12.1. The van der Waals surface area contributed by atoms with Gasteiger partial charge in [-0.05, 0) is 29.8 Å². The second-order valence-corrected chi connectivity index (χ2v) is 4.46. The summed E-state index contributed by atoms with van der Waals surface area (Å²) in [5, 5.41) is 9.13. The molecule has 0 amide bonds. The molecule has 0 bridgehead atoms. The Morgan fingerprint density at radius 1 is 1.18 bits per heavy atom. The highest BCUT2D eigenvalue weighted by Gasteiger charge is 2.03. The number of aliphatic hydroxyl groups excluding tert-OH is 1. The van der Waals surface area contributed by atoms with Gasteiger partial charge in [0, 0.05) is 16.2 Å². The van der Waals surface area contributed by atoms with Crippen LogP contribution in [0.5, 0.6) is 5.88 Å². The largest absolute Gasteiger partial charge is 0.473 e. The summed E-state index contributed by atoms with van der Waals surface area (Å²) in [5.41, 5.74) is 1.76. The lowest BCUT2D eigenvalue weighted by Crippen LogP contribution is -2.00. The zero-order chi connectivity index (χ0) is 12.1. The first-order valence-electron chi connectivity index (χ1n) is 5.21. The van der Waals surface area contributed by atoms with Crippen molar-refractivity contribution in [3.63, 3.8) is 0 Å². The Bertz CT molecular complexity index is 485. The molecule has 1 aromatic heterocycles. The molecule has 4 heteroatoms. The Kier molecular flexibility index (Phi) is 4.12. The minimum absolute atomic E-state index is 0.0660. The van der Waals surface area contributed by atoms with Gasteiger partial charge in [-0.1, -0.05) is 28.1 Å². The van der Waals surface area contributed by atoms with Gasteiger partial charge >= 0.3 is 0 Å². The highest BCUT2D eigenvalue weighted by molar-refractivity contribution is 9.10. The van der Waals surface area contributed by atoms with Crippen molar-refractivity contribution in [3.05, 3.63) is 58.2 Å². The second kappa shape index (κ2) is 5.80. The first-order chi connectivity index (χ1) is 8.29. The molecule has 17 heavy (non-hydrogen) atoms. The highest BCUT2D eigenvalue weighted by Crippen LogP contribution is 2.16. The van der Waals surface area contributed by atoms with Crippen LogP contribution in [-0.4, -0.2) is 10.1 Å². The van der Waals surface area contributed by atoms with Crippen molar-refractivity contribution >= 4 is 15.9 Å². The smallest absolute Gasteiger partial charge is 0.219 e. The molecule has 0 aliphatic carbocycles. The lowest BCUT2D eigenvalue weighted by Gasteiger charge is -2.08. The van der Waals surface area contributed by atoms with Crippen molar-refractivity contribution in [3.8, 4) is 5.88 Å². The van der Waals surface area contributed by atoms with Crippen LogP contribution in [0, 0.1) is 0 Å². The van der Waals surface area contributed by atoms with E-state index in [4.69, 9.17) is 9.84 Å². The number of aliphatic hydroxyl groups is 1. The van der Waals surface area contributed by atoms with E-state index in [1.54, 1.807) is 18.3 Å². The molecule has 1 N–H and O–H groups in total. The summed E-state index contributed by atoms with van der Waals surface area (Å²) >= 11 is 3.38. The maximum Gasteiger partial charge on any atom is 0.219 e. The zero-order valence-electron chi connectivity index (χ0n) is 9.14. The molecule has 2 rings (SSSR count). The van der Waals surface area contributed by atoms with Crippen molar-refractivity contribution in [1.29, 1.82) is 0 Å². The van der Waals surface area contributed by atoms with Crippen molar-refractivity contribution in [2.45, 2.75) is 13.2 Å². The summed E-state index contributed by atoms with van der Waals surface area (Å²) in [6.07, 6.45) is 1.65. The monoisotopic (exact) mass is 293 g/mol. The molecule has 88 valence electrons. The van der Waals surface area contributed by atoms with Crippen LogP contribution in [0.3, 0.4) is 0 Å². The number of hydrogen-bond acceptors (Lipinski definition) is 3. The van der Waals surface area contributed by atoms with Gasteiger partial charge in [0.05, 0.1) is 6.61 Å². The summed E-state index contributed by atoms with van der Waals surface area (Å²) < 4.78 is 6.60. The van der Waals surface area contributed by atoms with E-state index in [1.807, 2.05) is 24.3 Å².